The molecule has 0 fully saturated rings. The number of anilines is 2. The van der Waals surface area contributed by atoms with Crippen LogP contribution in [0.5, 0.6) is 0 Å². The number of furan rings is 1. The Balaban J connectivity index is 1.33. The second-order valence-electron chi connectivity index (χ2n) is 7.50. The molecular weight excluding hydrogens is 458 g/mol. The highest BCUT2D eigenvalue weighted by atomic mass is 32.2. The van der Waals surface area contributed by atoms with E-state index < -0.39 is 10.0 Å². The average Bonchev–Trinajstić information content (AvgIpc) is 3.47. The number of carbonyl (C=O) groups is 1. The van der Waals surface area contributed by atoms with Crippen molar-refractivity contribution in [2.24, 2.45) is 0 Å². The Kier molecular flexibility index (Phi) is 6.62. The van der Waals surface area contributed by atoms with Gasteiger partial charge in [0.05, 0.1) is 17.6 Å². The SMILES string of the molecule is CN(c1ccc(-c2csc(NC(=O)CCc3ccc(-c4ccccc4)o3)n2)cc1)S(C)(=O)=O. The Hall–Kier alpha value is -3.43. The van der Waals surface area contributed by atoms with E-state index in [1.807, 2.05) is 47.8 Å². The van der Waals surface area contributed by atoms with Crippen molar-refractivity contribution in [3.63, 3.8) is 0 Å². The molecule has 9 heteroatoms. The van der Waals surface area contributed by atoms with Gasteiger partial charge in [0.25, 0.3) is 0 Å². The quantitative estimate of drug-likeness (QED) is 0.381. The summed E-state index contributed by atoms with van der Waals surface area (Å²) in [5.41, 5.74) is 3.11. The van der Waals surface area contributed by atoms with Crippen molar-refractivity contribution in [3.05, 3.63) is 77.9 Å². The van der Waals surface area contributed by atoms with E-state index in [1.54, 1.807) is 24.3 Å². The van der Waals surface area contributed by atoms with Gasteiger partial charge in [0.15, 0.2) is 5.13 Å². The van der Waals surface area contributed by atoms with Crippen LogP contribution >= 0.6 is 11.3 Å². The van der Waals surface area contributed by atoms with E-state index in [0.717, 1.165) is 28.9 Å². The van der Waals surface area contributed by atoms with Crippen molar-refractivity contribution in [2.75, 3.05) is 22.9 Å². The van der Waals surface area contributed by atoms with Crippen LogP contribution in [0.1, 0.15) is 12.2 Å². The summed E-state index contributed by atoms with van der Waals surface area (Å²) in [7, 11) is -1.81. The fourth-order valence-corrected chi connectivity index (χ4v) is 4.43. The van der Waals surface area contributed by atoms with Crippen LogP contribution in [0.2, 0.25) is 0 Å². The van der Waals surface area contributed by atoms with Crippen LogP contribution in [-0.2, 0) is 21.2 Å². The summed E-state index contributed by atoms with van der Waals surface area (Å²) in [4.78, 5) is 16.8. The lowest BCUT2D eigenvalue weighted by atomic mass is 10.1. The lowest BCUT2D eigenvalue weighted by Gasteiger charge is -2.16. The minimum atomic E-state index is -3.32. The van der Waals surface area contributed by atoms with Crippen molar-refractivity contribution in [2.45, 2.75) is 12.8 Å². The fraction of sp³-hybridized carbons (Fsp3) is 0.167. The summed E-state index contributed by atoms with van der Waals surface area (Å²) in [6.07, 6.45) is 1.93. The van der Waals surface area contributed by atoms with Crippen molar-refractivity contribution in [1.29, 1.82) is 0 Å². The third kappa shape index (κ3) is 5.68. The molecule has 1 N–H and O–H groups in total. The van der Waals surface area contributed by atoms with Gasteiger partial charge in [-0.25, -0.2) is 13.4 Å². The first-order valence-corrected chi connectivity index (χ1v) is 13.0. The highest BCUT2D eigenvalue weighted by Gasteiger charge is 2.13. The van der Waals surface area contributed by atoms with E-state index in [2.05, 4.69) is 10.3 Å². The molecule has 170 valence electrons. The van der Waals surface area contributed by atoms with Crippen LogP contribution in [0, 0.1) is 0 Å². The number of nitrogens with zero attached hydrogens (tertiary/aromatic N) is 2. The van der Waals surface area contributed by atoms with E-state index in [0.29, 0.717) is 22.9 Å². The molecule has 4 aromatic rings. The zero-order chi connectivity index (χ0) is 23.4. The van der Waals surface area contributed by atoms with Crippen LogP contribution in [0.3, 0.4) is 0 Å². The van der Waals surface area contributed by atoms with Crippen molar-refractivity contribution in [3.8, 4) is 22.6 Å². The maximum Gasteiger partial charge on any atom is 0.231 e. The fourth-order valence-electron chi connectivity index (χ4n) is 3.19. The van der Waals surface area contributed by atoms with Crippen molar-refractivity contribution < 1.29 is 17.6 Å². The molecular formula is C24H23N3O4S2. The summed E-state index contributed by atoms with van der Waals surface area (Å²) < 4.78 is 30.4. The van der Waals surface area contributed by atoms with E-state index in [4.69, 9.17) is 4.42 Å². The number of rotatable bonds is 8. The van der Waals surface area contributed by atoms with Crippen LogP contribution in [0.25, 0.3) is 22.6 Å². The van der Waals surface area contributed by atoms with Gasteiger partial charge in [-0.2, -0.15) is 0 Å². The van der Waals surface area contributed by atoms with E-state index in [1.165, 1.54) is 22.7 Å². The second kappa shape index (κ2) is 9.60. The van der Waals surface area contributed by atoms with Gasteiger partial charge in [-0.3, -0.25) is 9.10 Å². The van der Waals surface area contributed by atoms with E-state index in [9.17, 15) is 13.2 Å². The van der Waals surface area contributed by atoms with Crippen LogP contribution in [-0.4, -0.2) is 32.6 Å². The molecule has 2 heterocycles. The highest BCUT2D eigenvalue weighted by Crippen LogP contribution is 2.27. The van der Waals surface area contributed by atoms with Gasteiger partial charge in [0, 0.05) is 36.4 Å². The third-order valence-electron chi connectivity index (χ3n) is 5.09. The molecule has 7 nitrogen and oxygen atoms in total. The van der Waals surface area contributed by atoms with Gasteiger partial charge < -0.3 is 9.73 Å². The molecule has 0 saturated carbocycles. The van der Waals surface area contributed by atoms with Crippen molar-refractivity contribution in [1.82, 2.24) is 4.98 Å². The van der Waals surface area contributed by atoms with E-state index >= 15 is 0 Å². The predicted molar refractivity (Wildman–Crippen MR) is 132 cm³/mol. The number of aromatic nitrogens is 1. The minimum absolute atomic E-state index is 0.140. The van der Waals surface area contributed by atoms with Crippen LogP contribution < -0.4 is 9.62 Å². The number of carbonyl (C=O) groups excluding carboxylic acids is 1. The van der Waals surface area contributed by atoms with Gasteiger partial charge in [0.2, 0.25) is 15.9 Å². The largest absolute Gasteiger partial charge is 0.461 e. The predicted octanol–water partition coefficient (Wildman–Crippen LogP) is 5.04. The molecule has 0 bridgehead atoms. The summed E-state index contributed by atoms with van der Waals surface area (Å²) in [6.45, 7) is 0. The molecule has 0 unspecified atom stereocenters. The number of nitrogens with one attached hydrogen (secondary N) is 1. The zero-order valence-electron chi connectivity index (χ0n) is 18.2. The molecule has 0 aliphatic heterocycles. The molecule has 1 amide bonds. The van der Waals surface area contributed by atoms with Gasteiger partial charge in [-0.1, -0.05) is 42.5 Å². The molecule has 0 atom stereocenters. The second-order valence-corrected chi connectivity index (χ2v) is 10.4. The number of sulfonamides is 1. The van der Waals surface area contributed by atoms with Crippen LogP contribution in [0.15, 0.2) is 76.5 Å². The number of hydrogen-bond acceptors (Lipinski definition) is 6. The molecule has 4 rings (SSSR count). The first-order chi connectivity index (χ1) is 15.8. The Morgan fingerprint density at radius 3 is 2.45 bits per heavy atom. The lowest BCUT2D eigenvalue weighted by molar-refractivity contribution is -0.116. The van der Waals surface area contributed by atoms with E-state index in [-0.39, 0.29) is 12.3 Å². The average molecular weight is 482 g/mol. The Morgan fingerprint density at radius 1 is 1.03 bits per heavy atom. The first-order valence-electron chi connectivity index (χ1n) is 10.2. The zero-order valence-corrected chi connectivity index (χ0v) is 19.8. The first kappa shape index (κ1) is 22.8. The van der Waals surface area contributed by atoms with Gasteiger partial charge in [-0.15, -0.1) is 11.3 Å². The summed E-state index contributed by atoms with van der Waals surface area (Å²) >= 11 is 1.34. The van der Waals surface area contributed by atoms with Crippen molar-refractivity contribution >= 4 is 38.1 Å². The smallest absolute Gasteiger partial charge is 0.231 e. The molecule has 2 aromatic carbocycles. The Labute approximate surface area is 196 Å². The van der Waals surface area contributed by atoms with Gasteiger partial charge >= 0.3 is 0 Å². The lowest BCUT2D eigenvalue weighted by Crippen LogP contribution is -2.24. The Bertz CT molecular complexity index is 1340. The maximum absolute atomic E-state index is 12.4. The molecule has 0 aliphatic rings. The number of aryl methyl sites for hydroxylation is 1. The molecule has 0 spiro atoms. The maximum atomic E-state index is 12.4. The van der Waals surface area contributed by atoms with Gasteiger partial charge in [-0.05, 0) is 24.3 Å². The Morgan fingerprint density at radius 2 is 1.76 bits per heavy atom. The topological polar surface area (TPSA) is 92.5 Å². The molecule has 0 aliphatic carbocycles. The summed E-state index contributed by atoms with van der Waals surface area (Å²) in [5, 5.41) is 5.19. The third-order valence-corrected chi connectivity index (χ3v) is 7.06. The number of amides is 1. The minimum Gasteiger partial charge on any atom is -0.461 e. The summed E-state index contributed by atoms with van der Waals surface area (Å²) in [6, 6.07) is 20.7. The summed E-state index contributed by atoms with van der Waals surface area (Å²) in [5.74, 6) is 1.39. The standard InChI is InChI=1S/C24H23N3O4S2/c1-27(33(2,29)30)19-10-8-17(9-11-19)21-16-32-24(25-21)26-23(28)15-13-20-12-14-22(31-20)18-6-4-3-5-7-18/h3-12,14,16H,13,15H2,1-2H3,(H,25,26,28). The van der Waals surface area contributed by atoms with Gasteiger partial charge in [0.1, 0.15) is 11.5 Å². The molecule has 0 saturated heterocycles. The number of thiazole rings is 1. The monoisotopic (exact) mass is 481 g/mol. The van der Waals surface area contributed by atoms with Crippen LogP contribution in [0.4, 0.5) is 10.8 Å². The highest BCUT2D eigenvalue weighted by molar-refractivity contribution is 7.92. The molecule has 33 heavy (non-hydrogen) atoms. The number of benzene rings is 2. The normalized spacial score (nSPS) is 11.3. The molecule has 2 aromatic heterocycles. The molecule has 0 radical (unpaired) electrons. The number of hydrogen-bond donors (Lipinski definition) is 1.